The van der Waals surface area contributed by atoms with E-state index in [0.717, 1.165) is 0 Å². The lowest BCUT2D eigenvalue weighted by atomic mass is 10.2. The lowest BCUT2D eigenvalue weighted by Crippen LogP contribution is -2.51. The number of carbonyl (C=O) groups excluding carboxylic acids is 1. The molecule has 0 radical (unpaired) electrons. The monoisotopic (exact) mass is 219 g/mol. The number of carboxylic acid groups (broad SMARTS) is 2. The summed E-state index contributed by atoms with van der Waals surface area (Å²) in [5.41, 5.74) is 10.3. The van der Waals surface area contributed by atoms with E-state index in [2.05, 4.69) is 0 Å². The Bertz CT molecular complexity index is 267. The minimum absolute atomic E-state index is 0.291. The third kappa shape index (κ3) is 4.93. The molecule has 8 nitrogen and oxygen atoms in total. The van der Waals surface area contributed by atoms with Crippen molar-refractivity contribution in [1.29, 1.82) is 0 Å². The van der Waals surface area contributed by atoms with Crippen LogP contribution in [0.2, 0.25) is 0 Å². The maximum Gasteiger partial charge on any atom is 0.327 e. The molecule has 2 atom stereocenters. The van der Waals surface area contributed by atoms with E-state index in [1.807, 2.05) is 5.32 Å². The van der Waals surface area contributed by atoms with Crippen LogP contribution < -0.4 is 16.8 Å². The van der Waals surface area contributed by atoms with Crippen molar-refractivity contribution in [3.63, 3.8) is 0 Å². The Hall–Kier alpha value is -1.67. The van der Waals surface area contributed by atoms with Gasteiger partial charge in [-0.15, -0.1) is 0 Å². The third-order valence-electron chi connectivity index (χ3n) is 1.58. The van der Waals surface area contributed by atoms with Gasteiger partial charge in [0.15, 0.2) is 0 Å². The van der Waals surface area contributed by atoms with Gasteiger partial charge in [0.2, 0.25) is 5.91 Å². The molecule has 0 aliphatic carbocycles. The van der Waals surface area contributed by atoms with Crippen LogP contribution in [0.15, 0.2) is 0 Å². The van der Waals surface area contributed by atoms with Crippen LogP contribution in [0, 0.1) is 0 Å². The Morgan fingerprint density at radius 1 is 1.27 bits per heavy atom. The molecule has 0 saturated heterocycles. The third-order valence-corrected chi connectivity index (χ3v) is 1.58. The molecule has 0 aliphatic heterocycles. The van der Waals surface area contributed by atoms with Crippen molar-refractivity contribution >= 4 is 17.8 Å². The number of hydrogen-bond donors (Lipinski definition) is 5. The fourth-order valence-corrected chi connectivity index (χ4v) is 0.781. The van der Waals surface area contributed by atoms with Crippen LogP contribution in [0.5, 0.6) is 0 Å². The van der Waals surface area contributed by atoms with Crippen LogP contribution in [0.1, 0.15) is 6.42 Å². The van der Waals surface area contributed by atoms with Gasteiger partial charge < -0.3 is 27.0 Å². The lowest BCUT2D eigenvalue weighted by molar-refractivity contribution is -0.142. The van der Waals surface area contributed by atoms with E-state index >= 15 is 0 Å². The van der Waals surface area contributed by atoms with Crippen LogP contribution in [-0.2, 0) is 14.4 Å². The Morgan fingerprint density at radius 2 is 1.80 bits per heavy atom. The molecule has 0 aliphatic rings. The van der Waals surface area contributed by atoms with E-state index in [-0.39, 0.29) is 6.54 Å². The minimum atomic E-state index is -1.30. The number of nitrogens with two attached hydrogens (primary N) is 2. The van der Waals surface area contributed by atoms with Gasteiger partial charge >= 0.3 is 11.9 Å². The summed E-state index contributed by atoms with van der Waals surface area (Å²) in [5, 5.41) is 18.9. The second-order valence-electron chi connectivity index (χ2n) is 2.84. The van der Waals surface area contributed by atoms with Crippen LogP contribution >= 0.6 is 0 Å². The van der Waals surface area contributed by atoms with Crippen molar-refractivity contribution in [3.05, 3.63) is 0 Å². The Kier molecular flexibility index (Phi) is 5.27. The number of rotatable bonds is 6. The highest BCUT2D eigenvalue weighted by molar-refractivity contribution is 5.89. The highest BCUT2D eigenvalue weighted by Crippen LogP contribution is 1.90. The van der Waals surface area contributed by atoms with E-state index in [9.17, 15) is 14.4 Å². The van der Waals surface area contributed by atoms with Gasteiger partial charge in [0.1, 0.15) is 6.04 Å². The molecule has 1 amide bonds. The lowest BCUT2D eigenvalue weighted by Gasteiger charge is -2.14. The smallest absolute Gasteiger partial charge is 0.327 e. The van der Waals surface area contributed by atoms with Crippen molar-refractivity contribution in [1.82, 2.24) is 5.32 Å². The standard InChI is InChI=1S/C7H13N3O5/c8-2-4(7(14)15)10-6(13)3(9)1-5(11)12/h3-4H,1-2,8-9H2,(H,10,13)(H,11,12)(H,14,15)/t3-,4-/m0/s1. The van der Waals surface area contributed by atoms with Crippen LogP contribution in [0.4, 0.5) is 0 Å². The van der Waals surface area contributed by atoms with Gasteiger partial charge in [-0.05, 0) is 0 Å². The average Bonchev–Trinajstić information content (AvgIpc) is 2.11. The predicted octanol–water partition coefficient (Wildman–Crippen LogP) is -2.68. The van der Waals surface area contributed by atoms with Crippen molar-refractivity contribution in [3.8, 4) is 0 Å². The van der Waals surface area contributed by atoms with Crippen molar-refractivity contribution in [2.45, 2.75) is 18.5 Å². The number of hydrogen-bond acceptors (Lipinski definition) is 5. The zero-order chi connectivity index (χ0) is 12.0. The van der Waals surface area contributed by atoms with E-state index in [1.54, 1.807) is 0 Å². The van der Waals surface area contributed by atoms with Gasteiger partial charge in [-0.3, -0.25) is 9.59 Å². The summed E-state index contributed by atoms with van der Waals surface area (Å²) in [5.74, 6) is -3.39. The topological polar surface area (TPSA) is 156 Å². The quantitative estimate of drug-likeness (QED) is 0.325. The number of nitrogens with one attached hydrogen (secondary N) is 1. The fraction of sp³-hybridized carbons (Fsp3) is 0.571. The number of carbonyl (C=O) groups is 3. The summed E-state index contributed by atoms with van der Waals surface area (Å²) in [6.45, 7) is -0.291. The van der Waals surface area contributed by atoms with Gasteiger partial charge in [-0.2, -0.15) is 0 Å². The van der Waals surface area contributed by atoms with E-state index < -0.39 is 36.4 Å². The number of carboxylic acids is 2. The molecule has 0 saturated carbocycles. The van der Waals surface area contributed by atoms with Crippen molar-refractivity contribution < 1.29 is 24.6 Å². The molecule has 0 aromatic heterocycles. The highest BCUT2D eigenvalue weighted by atomic mass is 16.4. The molecule has 0 heterocycles. The Labute approximate surface area is 85.2 Å². The van der Waals surface area contributed by atoms with Gasteiger partial charge in [0, 0.05) is 6.54 Å². The second-order valence-corrected chi connectivity index (χ2v) is 2.84. The SMILES string of the molecule is NC[C@H](NC(=O)[C@@H](N)CC(=O)O)C(=O)O. The molecule has 0 spiro atoms. The van der Waals surface area contributed by atoms with Gasteiger partial charge in [-0.1, -0.05) is 0 Å². The summed E-state index contributed by atoms with van der Waals surface area (Å²) in [6.07, 6.45) is -0.567. The first-order valence-corrected chi connectivity index (χ1v) is 4.09. The maximum atomic E-state index is 11.1. The van der Waals surface area contributed by atoms with Gasteiger partial charge in [0.05, 0.1) is 12.5 Å². The average molecular weight is 219 g/mol. The second kappa shape index (κ2) is 5.94. The summed E-state index contributed by atoms with van der Waals surface area (Å²) in [4.78, 5) is 31.8. The summed E-state index contributed by atoms with van der Waals surface area (Å²) >= 11 is 0. The largest absolute Gasteiger partial charge is 0.481 e. The Morgan fingerprint density at radius 3 is 2.13 bits per heavy atom. The molecule has 0 rings (SSSR count). The highest BCUT2D eigenvalue weighted by Gasteiger charge is 2.23. The predicted molar refractivity (Wildman–Crippen MR) is 48.8 cm³/mol. The summed E-state index contributed by atoms with van der Waals surface area (Å²) in [7, 11) is 0. The molecule has 0 bridgehead atoms. The van der Waals surface area contributed by atoms with E-state index in [4.69, 9.17) is 21.7 Å². The maximum absolute atomic E-state index is 11.1. The van der Waals surface area contributed by atoms with E-state index in [1.165, 1.54) is 0 Å². The van der Waals surface area contributed by atoms with Crippen LogP contribution in [-0.4, -0.2) is 46.7 Å². The molecule has 0 fully saturated rings. The normalized spacial score (nSPS) is 14.0. The molecule has 0 aromatic carbocycles. The van der Waals surface area contributed by atoms with Crippen LogP contribution in [0.3, 0.4) is 0 Å². The molecule has 8 heteroatoms. The molecule has 7 N–H and O–H groups in total. The first-order valence-electron chi connectivity index (χ1n) is 4.09. The number of aliphatic carboxylic acids is 2. The summed E-state index contributed by atoms with van der Waals surface area (Å²) in [6, 6.07) is -2.53. The van der Waals surface area contributed by atoms with Gasteiger partial charge in [0.25, 0.3) is 0 Å². The first-order chi connectivity index (χ1) is 6.88. The fourth-order valence-electron chi connectivity index (χ4n) is 0.781. The summed E-state index contributed by atoms with van der Waals surface area (Å²) < 4.78 is 0. The zero-order valence-electron chi connectivity index (χ0n) is 7.84. The Balaban J connectivity index is 4.21. The number of amides is 1. The van der Waals surface area contributed by atoms with E-state index in [0.29, 0.717) is 0 Å². The molecule has 0 unspecified atom stereocenters. The van der Waals surface area contributed by atoms with Gasteiger partial charge in [-0.25, -0.2) is 4.79 Å². The van der Waals surface area contributed by atoms with Crippen LogP contribution in [0.25, 0.3) is 0 Å². The molecule has 86 valence electrons. The van der Waals surface area contributed by atoms with Crippen molar-refractivity contribution in [2.24, 2.45) is 11.5 Å². The molecular weight excluding hydrogens is 206 g/mol. The molecule has 15 heavy (non-hydrogen) atoms. The first kappa shape index (κ1) is 13.3. The zero-order valence-corrected chi connectivity index (χ0v) is 7.84. The van der Waals surface area contributed by atoms with Crippen molar-refractivity contribution in [2.75, 3.05) is 6.54 Å². The molecule has 0 aromatic rings. The minimum Gasteiger partial charge on any atom is -0.481 e. The molecular formula is C7H13N3O5.